The van der Waals surface area contributed by atoms with Gasteiger partial charge in [-0.2, -0.15) is 9.40 Å². The van der Waals surface area contributed by atoms with E-state index in [2.05, 4.69) is 10.2 Å². The normalized spacial score (nSPS) is 16.0. The van der Waals surface area contributed by atoms with Crippen LogP contribution < -0.4 is 0 Å². The van der Waals surface area contributed by atoms with E-state index in [1.807, 2.05) is 24.3 Å². The number of H-pyrrole nitrogens is 1. The molecule has 1 aliphatic rings. The van der Waals surface area contributed by atoms with E-state index in [1.54, 1.807) is 17.0 Å². The number of nitrogens with one attached hydrogen (secondary N) is 1. The lowest BCUT2D eigenvalue weighted by atomic mass is 10.2. The number of piperazine rings is 1. The Morgan fingerprint density at radius 2 is 1.67 bits per heavy atom. The number of fused-ring (bicyclic) bond motifs is 1. The van der Waals surface area contributed by atoms with Gasteiger partial charge in [-0.3, -0.25) is 9.89 Å². The van der Waals surface area contributed by atoms with Gasteiger partial charge in [-0.15, -0.1) is 0 Å². The second-order valence-electron chi connectivity index (χ2n) is 6.27. The minimum Gasteiger partial charge on any atom is -0.335 e. The van der Waals surface area contributed by atoms with Gasteiger partial charge in [-0.1, -0.05) is 29.8 Å². The van der Waals surface area contributed by atoms with Gasteiger partial charge in [0.05, 0.1) is 10.4 Å². The molecule has 0 spiro atoms. The summed E-state index contributed by atoms with van der Waals surface area (Å²) in [5.74, 6) is -0.198. The van der Waals surface area contributed by atoms with E-state index in [0.29, 0.717) is 23.8 Å². The molecular weight excluding hydrogens is 388 g/mol. The predicted octanol–water partition coefficient (Wildman–Crippen LogP) is 2.36. The summed E-state index contributed by atoms with van der Waals surface area (Å²) in [6.07, 6.45) is 0. The summed E-state index contributed by atoms with van der Waals surface area (Å²) in [5.41, 5.74) is 1.16. The van der Waals surface area contributed by atoms with E-state index in [-0.39, 0.29) is 23.9 Å². The average molecular weight is 405 g/mol. The monoisotopic (exact) mass is 404 g/mol. The van der Waals surface area contributed by atoms with Crippen LogP contribution in [0.4, 0.5) is 0 Å². The fraction of sp³-hybridized carbons (Fsp3) is 0.222. The van der Waals surface area contributed by atoms with Crippen LogP contribution in [0.25, 0.3) is 10.9 Å². The predicted molar refractivity (Wildman–Crippen MR) is 102 cm³/mol. The Morgan fingerprint density at radius 1 is 1.00 bits per heavy atom. The second kappa shape index (κ2) is 6.95. The van der Waals surface area contributed by atoms with Crippen molar-refractivity contribution in [2.75, 3.05) is 26.2 Å². The third-order valence-electron chi connectivity index (χ3n) is 4.65. The molecule has 2 heterocycles. The van der Waals surface area contributed by atoms with Gasteiger partial charge in [0.25, 0.3) is 5.91 Å². The van der Waals surface area contributed by atoms with Crippen LogP contribution in [-0.2, 0) is 10.0 Å². The number of benzene rings is 2. The highest BCUT2D eigenvalue weighted by Gasteiger charge is 2.31. The molecule has 0 saturated carbocycles. The third-order valence-corrected chi connectivity index (χ3v) is 6.82. The van der Waals surface area contributed by atoms with Crippen molar-refractivity contribution < 1.29 is 13.2 Å². The average Bonchev–Trinajstić information content (AvgIpc) is 3.12. The number of para-hydroxylation sites is 1. The molecule has 2 aromatic carbocycles. The molecule has 1 saturated heterocycles. The van der Waals surface area contributed by atoms with Crippen LogP contribution in [0.1, 0.15) is 10.5 Å². The SMILES string of the molecule is O=C(c1n[nH]c2ccccc12)N1CCN(S(=O)(=O)c2ccc(Cl)cc2)CC1. The molecule has 0 bridgehead atoms. The summed E-state index contributed by atoms with van der Waals surface area (Å²) >= 11 is 5.83. The van der Waals surface area contributed by atoms with Crippen molar-refractivity contribution in [2.45, 2.75) is 4.90 Å². The molecule has 0 aliphatic carbocycles. The van der Waals surface area contributed by atoms with Crippen LogP contribution in [0.15, 0.2) is 53.4 Å². The number of aromatic amines is 1. The number of halogens is 1. The number of aromatic nitrogens is 2. The highest BCUT2D eigenvalue weighted by Crippen LogP contribution is 2.21. The minimum absolute atomic E-state index is 0.198. The lowest BCUT2D eigenvalue weighted by Crippen LogP contribution is -2.50. The molecule has 27 heavy (non-hydrogen) atoms. The van der Waals surface area contributed by atoms with Crippen LogP contribution in [0.2, 0.25) is 5.02 Å². The van der Waals surface area contributed by atoms with Gasteiger partial charge in [-0.05, 0) is 30.3 Å². The first kappa shape index (κ1) is 18.0. The van der Waals surface area contributed by atoms with E-state index in [1.165, 1.54) is 16.4 Å². The van der Waals surface area contributed by atoms with E-state index in [4.69, 9.17) is 11.6 Å². The van der Waals surface area contributed by atoms with Crippen LogP contribution in [0.5, 0.6) is 0 Å². The maximum absolute atomic E-state index is 12.8. The lowest BCUT2D eigenvalue weighted by Gasteiger charge is -2.33. The van der Waals surface area contributed by atoms with Crippen molar-refractivity contribution in [3.05, 3.63) is 59.2 Å². The van der Waals surface area contributed by atoms with E-state index in [0.717, 1.165) is 10.9 Å². The molecule has 1 fully saturated rings. The standard InChI is InChI=1S/C18H17ClN4O3S/c19-13-5-7-14(8-6-13)27(25,26)23-11-9-22(10-12-23)18(24)17-15-3-1-2-4-16(15)20-21-17/h1-8H,9-12H2,(H,20,21). The van der Waals surface area contributed by atoms with Crippen molar-refractivity contribution in [3.8, 4) is 0 Å². The van der Waals surface area contributed by atoms with Crippen molar-refractivity contribution in [2.24, 2.45) is 0 Å². The Morgan fingerprint density at radius 3 is 2.37 bits per heavy atom. The van der Waals surface area contributed by atoms with Crippen LogP contribution in [0.3, 0.4) is 0 Å². The Balaban J connectivity index is 1.48. The van der Waals surface area contributed by atoms with Crippen molar-refractivity contribution in [3.63, 3.8) is 0 Å². The van der Waals surface area contributed by atoms with E-state index < -0.39 is 10.0 Å². The van der Waals surface area contributed by atoms with Gasteiger partial charge < -0.3 is 4.90 Å². The fourth-order valence-corrected chi connectivity index (χ4v) is 4.71. The maximum atomic E-state index is 12.8. The summed E-state index contributed by atoms with van der Waals surface area (Å²) in [6, 6.07) is 13.5. The number of amides is 1. The molecule has 4 rings (SSSR count). The van der Waals surface area contributed by atoms with Gasteiger partial charge in [-0.25, -0.2) is 8.42 Å². The fourth-order valence-electron chi connectivity index (χ4n) is 3.16. The number of carbonyl (C=O) groups excluding carboxylic acids is 1. The number of carbonyl (C=O) groups is 1. The zero-order chi connectivity index (χ0) is 19.0. The summed E-state index contributed by atoms with van der Waals surface area (Å²) in [7, 11) is -3.60. The molecule has 0 unspecified atom stereocenters. The lowest BCUT2D eigenvalue weighted by molar-refractivity contribution is 0.0694. The van der Waals surface area contributed by atoms with Gasteiger partial charge in [0.2, 0.25) is 10.0 Å². The molecule has 1 N–H and O–H groups in total. The molecule has 0 radical (unpaired) electrons. The number of rotatable bonds is 3. The zero-order valence-corrected chi connectivity index (χ0v) is 15.9. The van der Waals surface area contributed by atoms with Crippen molar-refractivity contribution in [1.29, 1.82) is 0 Å². The van der Waals surface area contributed by atoms with E-state index in [9.17, 15) is 13.2 Å². The van der Waals surface area contributed by atoms with E-state index >= 15 is 0 Å². The van der Waals surface area contributed by atoms with Gasteiger partial charge in [0.1, 0.15) is 0 Å². The van der Waals surface area contributed by atoms with Crippen LogP contribution in [-0.4, -0.2) is 59.9 Å². The Bertz CT molecular complexity index is 1090. The molecular formula is C18H17ClN4O3S. The Kier molecular flexibility index (Phi) is 4.63. The van der Waals surface area contributed by atoms with Crippen LogP contribution in [0, 0.1) is 0 Å². The van der Waals surface area contributed by atoms with Crippen LogP contribution >= 0.6 is 11.6 Å². The maximum Gasteiger partial charge on any atom is 0.275 e. The number of sulfonamides is 1. The molecule has 0 atom stereocenters. The first-order valence-electron chi connectivity index (χ1n) is 8.45. The Labute approximate surface area is 161 Å². The van der Waals surface area contributed by atoms with Gasteiger partial charge >= 0.3 is 0 Å². The second-order valence-corrected chi connectivity index (χ2v) is 8.64. The third kappa shape index (κ3) is 3.31. The molecule has 140 valence electrons. The minimum atomic E-state index is -3.60. The summed E-state index contributed by atoms with van der Waals surface area (Å²) < 4.78 is 26.9. The molecule has 7 nitrogen and oxygen atoms in total. The quantitative estimate of drug-likeness (QED) is 0.726. The number of hydrogen-bond donors (Lipinski definition) is 1. The number of nitrogens with zero attached hydrogens (tertiary/aromatic N) is 3. The van der Waals surface area contributed by atoms with Gasteiger partial charge in [0, 0.05) is 36.6 Å². The highest BCUT2D eigenvalue weighted by atomic mass is 35.5. The number of hydrogen-bond acceptors (Lipinski definition) is 4. The zero-order valence-electron chi connectivity index (χ0n) is 14.3. The first-order valence-corrected chi connectivity index (χ1v) is 10.3. The topological polar surface area (TPSA) is 86.4 Å². The van der Waals surface area contributed by atoms with Crippen molar-refractivity contribution >= 4 is 38.4 Å². The first-order chi connectivity index (χ1) is 13.0. The van der Waals surface area contributed by atoms with Gasteiger partial charge in [0.15, 0.2) is 5.69 Å². The summed E-state index contributed by atoms with van der Waals surface area (Å²) in [6.45, 7) is 1.10. The Hall–Kier alpha value is -2.42. The summed E-state index contributed by atoms with van der Waals surface area (Å²) in [4.78, 5) is 14.6. The molecule has 3 aromatic rings. The molecule has 1 aliphatic heterocycles. The highest BCUT2D eigenvalue weighted by molar-refractivity contribution is 7.89. The largest absolute Gasteiger partial charge is 0.335 e. The summed E-state index contributed by atoms with van der Waals surface area (Å²) in [5, 5.41) is 8.23. The molecule has 1 amide bonds. The molecule has 1 aromatic heterocycles. The molecule has 9 heteroatoms. The van der Waals surface area contributed by atoms with Crippen molar-refractivity contribution in [1.82, 2.24) is 19.4 Å². The smallest absolute Gasteiger partial charge is 0.275 e.